The van der Waals surface area contributed by atoms with Crippen molar-refractivity contribution in [1.82, 2.24) is 10.2 Å². The van der Waals surface area contributed by atoms with Crippen LogP contribution in [0.4, 0.5) is 4.79 Å². The van der Waals surface area contributed by atoms with Gasteiger partial charge in [0.1, 0.15) is 5.75 Å². The Balaban J connectivity index is 2.45. The molecule has 1 aromatic rings. The van der Waals surface area contributed by atoms with Gasteiger partial charge in [-0.25, -0.2) is 4.79 Å². The van der Waals surface area contributed by atoms with Crippen molar-refractivity contribution in [3.8, 4) is 5.75 Å². The Hall–Kier alpha value is -2.24. The van der Waals surface area contributed by atoms with Crippen molar-refractivity contribution in [2.24, 2.45) is 0 Å². The number of nitrogens with zero attached hydrogens (tertiary/aromatic N) is 1. The molecule has 1 unspecified atom stereocenters. The zero-order valence-electron chi connectivity index (χ0n) is 11.7. The summed E-state index contributed by atoms with van der Waals surface area (Å²) in [6, 6.07) is 6.50. The molecule has 0 saturated carbocycles. The van der Waals surface area contributed by atoms with Crippen molar-refractivity contribution in [3.63, 3.8) is 0 Å². The number of likely N-dealkylation sites (N-methyl/N-ethyl adjacent to an activating group) is 1. The fourth-order valence-corrected chi connectivity index (χ4v) is 1.71. The molecular weight excluding hydrogens is 260 g/mol. The highest BCUT2D eigenvalue weighted by Gasteiger charge is 2.15. The van der Waals surface area contributed by atoms with E-state index in [2.05, 4.69) is 5.32 Å². The minimum atomic E-state index is -0.940. The largest absolute Gasteiger partial charge is 0.508 e. The van der Waals surface area contributed by atoms with Gasteiger partial charge in [-0.3, -0.25) is 4.79 Å². The first-order valence-corrected chi connectivity index (χ1v) is 6.40. The SMILES string of the molecule is CC(Cc1ccc(O)cc1)N(C)C(=O)NCCC(=O)O. The van der Waals surface area contributed by atoms with Crippen LogP contribution in [-0.4, -0.2) is 46.7 Å². The first-order chi connectivity index (χ1) is 9.40. The van der Waals surface area contributed by atoms with Crippen LogP contribution in [-0.2, 0) is 11.2 Å². The Labute approximate surface area is 118 Å². The molecule has 2 amide bonds. The van der Waals surface area contributed by atoms with Gasteiger partial charge < -0.3 is 20.4 Å². The van der Waals surface area contributed by atoms with Gasteiger partial charge in [0, 0.05) is 19.6 Å². The lowest BCUT2D eigenvalue weighted by molar-refractivity contribution is -0.136. The molecule has 0 saturated heterocycles. The zero-order valence-corrected chi connectivity index (χ0v) is 11.7. The molecule has 3 N–H and O–H groups in total. The summed E-state index contributed by atoms with van der Waals surface area (Å²) in [5.41, 5.74) is 1.01. The van der Waals surface area contributed by atoms with Crippen LogP contribution < -0.4 is 5.32 Å². The topological polar surface area (TPSA) is 89.9 Å². The Morgan fingerprint density at radius 2 is 1.90 bits per heavy atom. The van der Waals surface area contributed by atoms with E-state index in [-0.39, 0.29) is 30.8 Å². The molecule has 0 bridgehead atoms. The number of urea groups is 1. The number of amides is 2. The van der Waals surface area contributed by atoms with Crippen molar-refractivity contribution < 1.29 is 19.8 Å². The highest BCUT2D eigenvalue weighted by molar-refractivity contribution is 5.75. The van der Waals surface area contributed by atoms with E-state index in [0.717, 1.165) is 5.56 Å². The van der Waals surface area contributed by atoms with E-state index in [0.29, 0.717) is 6.42 Å². The van der Waals surface area contributed by atoms with Crippen molar-refractivity contribution in [2.75, 3.05) is 13.6 Å². The van der Waals surface area contributed by atoms with Crippen LogP contribution in [0.3, 0.4) is 0 Å². The van der Waals surface area contributed by atoms with E-state index in [1.807, 2.05) is 19.1 Å². The van der Waals surface area contributed by atoms with E-state index < -0.39 is 5.97 Å². The van der Waals surface area contributed by atoms with Crippen LogP contribution in [0.2, 0.25) is 0 Å². The number of nitrogens with one attached hydrogen (secondary N) is 1. The lowest BCUT2D eigenvalue weighted by Crippen LogP contribution is -2.43. The van der Waals surface area contributed by atoms with Gasteiger partial charge >= 0.3 is 12.0 Å². The number of phenolic OH excluding ortho intramolecular Hbond substituents is 1. The minimum absolute atomic E-state index is 0.0376. The third-order valence-corrected chi connectivity index (χ3v) is 3.06. The molecule has 1 aromatic carbocycles. The molecular formula is C14H20N2O4. The van der Waals surface area contributed by atoms with Crippen LogP contribution in [0.1, 0.15) is 18.9 Å². The molecule has 110 valence electrons. The molecule has 0 aliphatic carbocycles. The number of carbonyl (C=O) groups is 2. The van der Waals surface area contributed by atoms with Crippen molar-refractivity contribution >= 4 is 12.0 Å². The number of rotatable bonds is 6. The molecule has 1 atom stereocenters. The first kappa shape index (κ1) is 15.8. The van der Waals surface area contributed by atoms with E-state index >= 15 is 0 Å². The fourth-order valence-electron chi connectivity index (χ4n) is 1.71. The third-order valence-electron chi connectivity index (χ3n) is 3.06. The van der Waals surface area contributed by atoms with Crippen molar-refractivity contribution in [1.29, 1.82) is 0 Å². The molecule has 1 rings (SSSR count). The standard InChI is InChI=1S/C14H20N2O4/c1-10(9-11-3-5-12(17)6-4-11)16(2)14(20)15-8-7-13(18)19/h3-6,10,17H,7-9H2,1-2H3,(H,15,20)(H,18,19). The molecule has 0 fully saturated rings. The quantitative estimate of drug-likeness (QED) is 0.735. The van der Waals surface area contributed by atoms with Crippen LogP contribution in [0.25, 0.3) is 0 Å². The zero-order chi connectivity index (χ0) is 15.1. The predicted molar refractivity (Wildman–Crippen MR) is 74.7 cm³/mol. The molecule has 6 nitrogen and oxygen atoms in total. The van der Waals surface area contributed by atoms with E-state index in [4.69, 9.17) is 5.11 Å². The second-order valence-electron chi connectivity index (χ2n) is 4.71. The molecule has 0 radical (unpaired) electrons. The maximum Gasteiger partial charge on any atom is 0.317 e. The summed E-state index contributed by atoms with van der Waals surface area (Å²) in [5, 5.41) is 20.3. The second kappa shape index (κ2) is 7.37. The van der Waals surface area contributed by atoms with E-state index in [1.165, 1.54) is 4.90 Å². The van der Waals surface area contributed by atoms with Gasteiger partial charge in [-0.2, -0.15) is 0 Å². The summed E-state index contributed by atoms with van der Waals surface area (Å²) < 4.78 is 0. The van der Waals surface area contributed by atoms with Gasteiger partial charge in [0.25, 0.3) is 0 Å². The van der Waals surface area contributed by atoms with E-state index in [1.54, 1.807) is 19.2 Å². The molecule has 20 heavy (non-hydrogen) atoms. The third kappa shape index (κ3) is 5.17. The number of phenols is 1. The van der Waals surface area contributed by atoms with E-state index in [9.17, 15) is 14.7 Å². The summed E-state index contributed by atoms with van der Waals surface area (Å²) >= 11 is 0. The summed E-state index contributed by atoms with van der Waals surface area (Å²) in [4.78, 5) is 23.7. The Morgan fingerprint density at radius 3 is 2.45 bits per heavy atom. The molecule has 0 heterocycles. The summed E-state index contributed by atoms with van der Waals surface area (Å²) in [6.45, 7) is 2.02. The fraction of sp³-hybridized carbons (Fsp3) is 0.429. The summed E-state index contributed by atoms with van der Waals surface area (Å²) in [7, 11) is 1.67. The number of hydrogen-bond acceptors (Lipinski definition) is 3. The molecule has 0 aliphatic rings. The summed E-state index contributed by atoms with van der Waals surface area (Å²) in [5.74, 6) is -0.730. The van der Waals surface area contributed by atoms with Gasteiger partial charge in [-0.15, -0.1) is 0 Å². The second-order valence-corrected chi connectivity index (χ2v) is 4.71. The lowest BCUT2D eigenvalue weighted by Gasteiger charge is -2.25. The van der Waals surface area contributed by atoms with Crippen molar-refractivity contribution in [3.05, 3.63) is 29.8 Å². The highest BCUT2D eigenvalue weighted by atomic mass is 16.4. The van der Waals surface area contributed by atoms with Gasteiger partial charge in [-0.1, -0.05) is 12.1 Å². The van der Waals surface area contributed by atoms with Crippen LogP contribution in [0, 0.1) is 0 Å². The number of aliphatic carboxylic acids is 1. The maximum atomic E-state index is 11.8. The number of aromatic hydroxyl groups is 1. The van der Waals surface area contributed by atoms with Crippen molar-refractivity contribution in [2.45, 2.75) is 25.8 Å². The molecule has 0 aromatic heterocycles. The van der Waals surface area contributed by atoms with Crippen LogP contribution in [0.15, 0.2) is 24.3 Å². The first-order valence-electron chi connectivity index (χ1n) is 6.40. The Bertz CT molecular complexity index is 459. The number of carbonyl (C=O) groups excluding carboxylic acids is 1. The lowest BCUT2D eigenvalue weighted by atomic mass is 10.1. The van der Waals surface area contributed by atoms with Gasteiger partial charge in [0.05, 0.1) is 6.42 Å². The predicted octanol–water partition coefficient (Wildman–Crippen LogP) is 1.44. The highest BCUT2D eigenvalue weighted by Crippen LogP contribution is 2.13. The smallest absolute Gasteiger partial charge is 0.317 e. The number of hydrogen-bond donors (Lipinski definition) is 3. The minimum Gasteiger partial charge on any atom is -0.508 e. The number of carboxylic acids is 1. The number of carboxylic acid groups (broad SMARTS) is 1. The van der Waals surface area contributed by atoms with Crippen LogP contribution >= 0.6 is 0 Å². The average molecular weight is 280 g/mol. The molecule has 0 spiro atoms. The van der Waals surface area contributed by atoms with Crippen LogP contribution in [0.5, 0.6) is 5.75 Å². The molecule has 0 aliphatic heterocycles. The Kier molecular flexibility index (Phi) is 5.83. The average Bonchev–Trinajstić information content (AvgIpc) is 2.39. The number of benzene rings is 1. The van der Waals surface area contributed by atoms with Gasteiger partial charge in [-0.05, 0) is 31.0 Å². The van der Waals surface area contributed by atoms with Gasteiger partial charge in [0.15, 0.2) is 0 Å². The monoisotopic (exact) mass is 280 g/mol. The molecule has 6 heteroatoms. The summed E-state index contributed by atoms with van der Waals surface area (Å²) in [6.07, 6.45) is 0.565. The maximum absolute atomic E-state index is 11.8. The normalized spacial score (nSPS) is 11.7. The van der Waals surface area contributed by atoms with Gasteiger partial charge in [0.2, 0.25) is 0 Å². The Morgan fingerprint density at radius 1 is 1.30 bits per heavy atom.